The van der Waals surface area contributed by atoms with Gasteiger partial charge in [0.25, 0.3) is 11.8 Å². The number of nitrogens with zero attached hydrogens (tertiary/aromatic N) is 2. The molecule has 0 bridgehead atoms. The van der Waals surface area contributed by atoms with Gasteiger partial charge in [-0.05, 0) is 74.6 Å². The van der Waals surface area contributed by atoms with Gasteiger partial charge in [0.15, 0.2) is 17.6 Å². The number of aliphatic hydroxyl groups is 1. The first-order valence-electron chi connectivity index (χ1n) is 15.2. The van der Waals surface area contributed by atoms with Crippen molar-refractivity contribution in [1.82, 2.24) is 15.1 Å². The third-order valence-electron chi connectivity index (χ3n) is 8.89. The molecule has 3 aromatic carbocycles. The average molecular weight is 648 g/mol. The number of ether oxygens (including phenoxy) is 2. The van der Waals surface area contributed by atoms with Crippen molar-refractivity contribution in [3.8, 4) is 17.2 Å². The highest BCUT2D eigenvalue weighted by Crippen LogP contribution is 2.41. The van der Waals surface area contributed by atoms with Gasteiger partial charge in [0.2, 0.25) is 5.91 Å². The van der Waals surface area contributed by atoms with Crippen molar-refractivity contribution in [3.05, 3.63) is 88.5 Å². The van der Waals surface area contributed by atoms with Crippen LogP contribution in [0.5, 0.6) is 17.2 Å². The lowest BCUT2D eigenvalue weighted by Gasteiger charge is -2.38. The molecule has 5 rings (SSSR count). The van der Waals surface area contributed by atoms with Gasteiger partial charge in [-0.1, -0.05) is 36.4 Å². The van der Waals surface area contributed by atoms with Crippen LogP contribution in [0.1, 0.15) is 46.5 Å². The zero-order valence-electron chi connectivity index (χ0n) is 26.8. The number of hydrogen-bond acceptors (Lipinski definition) is 8. The Morgan fingerprint density at radius 2 is 1.70 bits per heavy atom. The first kappa shape index (κ1) is 33.2. The van der Waals surface area contributed by atoms with Gasteiger partial charge in [-0.15, -0.1) is 11.8 Å². The number of thioether (sulfide) groups is 1. The van der Waals surface area contributed by atoms with E-state index >= 15 is 0 Å². The second-order valence-corrected chi connectivity index (χ2v) is 13.8. The number of benzene rings is 3. The molecule has 10 nitrogen and oxygen atoms in total. The van der Waals surface area contributed by atoms with E-state index < -0.39 is 34.7 Å². The molecule has 2 aliphatic rings. The molecule has 0 radical (unpaired) electrons. The summed E-state index contributed by atoms with van der Waals surface area (Å²) in [6, 6.07) is 15.9. The summed E-state index contributed by atoms with van der Waals surface area (Å²) in [5.74, 6) is 0.0515. The standard InChI is InChI=1S/C35H41N3O7S/c1-21-25(12-9-13-27(21)39)32(41)36-26(16-22-10-7-6-8-11-22)30(40)33(42)38-20-46-35(2,3)31(38)34(43)37-15-14-23-17-28(44-4)29(45-5)18-24(23)19-37/h6-13,17-18,26,30-31,39-40H,14-16,19-20H2,1-5H3,(H,36,41). The number of aliphatic hydroxyl groups excluding tert-OH is 1. The number of hydrogen-bond donors (Lipinski definition) is 3. The average Bonchev–Trinajstić information content (AvgIpc) is 3.38. The van der Waals surface area contributed by atoms with E-state index in [2.05, 4.69) is 5.32 Å². The second-order valence-electron chi connectivity index (χ2n) is 12.2. The van der Waals surface area contributed by atoms with Crippen molar-refractivity contribution in [2.75, 3.05) is 26.6 Å². The van der Waals surface area contributed by atoms with Crippen LogP contribution in [0.4, 0.5) is 0 Å². The Balaban J connectivity index is 1.39. The molecule has 3 amide bonds. The Kier molecular flexibility index (Phi) is 9.83. The highest BCUT2D eigenvalue weighted by molar-refractivity contribution is 8.00. The van der Waals surface area contributed by atoms with Crippen LogP contribution in [0.3, 0.4) is 0 Å². The molecular formula is C35H41N3O7S. The van der Waals surface area contributed by atoms with Crippen LogP contribution in [-0.4, -0.2) is 87.3 Å². The summed E-state index contributed by atoms with van der Waals surface area (Å²) >= 11 is 1.48. The summed E-state index contributed by atoms with van der Waals surface area (Å²) in [6.07, 6.45) is -0.836. The van der Waals surface area contributed by atoms with Gasteiger partial charge in [-0.25, -0.2) is 0 Å². The molecule has 3 atom stereocenters. The number of amides is 3. The Hall–Kier alpha value is -4.22. The monoisotopic (exact) mass is 647 g/mol. The van der Waals surface area contributed by atoms with E-state index in [4.69, 9.17) is 9.47 Å². The summed E-state index contributed by atoms with van der Waals surface area (Å²) in [5.41, 5.74) is 3.47. The minimum absolute atomic E-state index is 0.0283. The first-order valence-corrected chi connectivity index (χ1v) is 16.2. The Morgan fingerprint density at radius 3 is 2.37 bits per heavy atom. The second kappa shape index (κ2) is 13.6. The number of nitrogens with one attached hydrogen (secondary N) is 1. The summed E-state index contributed by atoms with van der Waals surface area (Å²) in [7, 11) is 3.16. The number of methoxy groups -OCH3 is 2. The molecule has 2 heterocycles. The lowest BCUT2D eigenvalue weighted by atomic mass is 9.94. The summed E-state index contributed by atoms with van der Waals surface area (Å²) in [6.45, 7) is 6.31. The Labute approximate surface area is 273 Å². The van der Waals surface area contributed by atoms with Gasteiger partial charge < -0.3 is 34.8 Å². The SMILES string of the molecule is COc1cc2c(cc1OC)CN(C(=O)C1N(C(=O)C(O)C(Cc3ccccc3)NC(=O)c3cccc(O)c3C)CSC1(C)C)CC2. The van der Waals surface area contributed by atoms with E-state index in [9.17, 15) is 24.6 Å². The van der Waals surface area contributed by atoms with Crippen molar-refractivity contribution in [2.45, 2.75) is 63.1 Å². The zero-order chi connectivity index (χ0) is 33.2. The smallest absolute Gasteiger partial charge is 0.254 e. The van der Waals surface area contributed by atoms with E-state index in [1.807, 2.05) is 56.3 Å². The molecular weight excluding hydrogens is 606 g/mol. The van der Waals surface area contributed by atoms with Crippen molar-refractivity contribution >= 4 is 29.5 Å². The van der Waals surface area contributed by atoms with E-state index in [1.54, 1.807) is 38.2 Å². The normalized spacial score (nSPS) is 18.3. The Bertz CT molecular complexity index is 1610. The summed E-state index contributed by atoms with van der Waals surface area (Å²) < 4.78 is 10.3. The molecule has 0 aromatic heterocycles. The Morgan fingerprint density at radius 1 is 1.02 bits per heavy atom. The lowest BCUT2D eigenvalue weighted by Crippen LogP contribution is -2.59. The number of aromatic hydroxyl groups is 1. The third kappa shape index (κ3) is 6.66. The highest BCUT2D eigenvalue weighted by atomic mass is 32.2. The van der Waals surface area contributed by atoms with Crippen LogP contribution in [-0.2, 0) is 29.0 Å². The van der Waals surface area contributed by atoms with E-state index in [1.165, 1.54) is 22.7 Å². The first-order chi connectivity index (χ1) is 21.9. The number of phenolic OH excluding ortho intramolecular Hbond substituents is 1. The van der Waals surface area contributed by atoms with Crippen LogP contribution in [0.2, 0.25) is 0 Å². The van der Waals surface area contributed by atoms with Crippen molar-refractivity contribution in [2.24, 2.45) is 0 Å². The fraction of sp³-hybridized carbons (Fsp3) is 0.400. The molecule has 0 aliphatic carbocycles. The van der Waals surface area contributed by atoms with Gasteiger partial charge in [0, 0.05) is 29.0 Å². The van der Waals surface area contributed by atoms with Gasteiger partial charge in [0.05, 0.1) is 26.1 Å². The van der Waals surface area contributed by atoms with Gasteiger partial charge in [-0.2, -0.15) is 0 Å². The quantitative estimate of drug-likeness (QED) is 0.321. The largest absolute Gasteiger partial charge is 0.508 e. The number of phenols is 1. The van der Waals surface area contributed by atoms with Crippen molar-refractivity contribution < 1.29 is 34.1 Å². The van der Waals surface area contributed by atoms with Crippen LogP contribution in [0, 0.1) is 6.92 Å². The number of carbonyl (C=O) groups excluding carboxylic acids is 3. The molecule has 244 valence electrons. The maximum atomic E-state index is 14.2. The molecule has 0 spiro atoms. The maximum absolute atomic E-state index is 14.2. The van der Waals surface area contributed by atoms with Crippen molar-refractivity contribution in [3.63, 3.8) is 0 Å². The molecule has 46 heavy (non-hydrogen) atoms. The fourth-order valence-corrected chi connectivity index (χ4v) is 7.33. The minimum Gasteiger partial charge on any atom is -0.508 e. The van der Waals surface area contributed by atoms with Crippen LogP contribution in [0.15, 0.2) is 60.7 Å². The molecule has 3 unspecified atom stereocenters. The number of rotatable bonds is 9. The summed E-state index contributed by atoms with van der Waals surface area (Å²) in [4.78, 5) is 44.9. The molecule has 3 N–H and O–H groups in total. The fourth-order valence-electron chi connectivity index (χ4n) is 6.20. The predicted molar refractivity (Wildman–Crippen MR) is 176 cm³/mol. The van der Waals surface area contributed by atoms with Crippen LogP contribution >= 0.6 is 11.8 Å². The zero-order valence-corrected chi connectivity index (χ0v) is 27.6. The number of fused-ring (bicyclic) bond motifs is 1. The van der Waals surface area contributed by atoms with Gasteiger partial charge in [0.1, 0.15) is 11.8 Å². The maximum Gasteiger partial charge on any atom is 0.254 e. The van der Waals surface area contributed by atoms with Crippen LogP contribution < -0.4 is 14.8 Å². The lowest BCUT2D eigenvalue weighted by molar-refractivity contribution is -0.151. The molecule has 0 saturated carbocycles. The van der Waals surface area contributed by atoms with Gasteiger partial charge >= 0.3 is 0 Å². The van der Waals surface area contributed by atoms with Gasteiger partial charge in [-0.3, -0.25) is 14.4 Å². The molecule has 11 heteroatoms. The molecule has 1 fully saturated rings. The predicted octanol–water partition coefficient (Wildman–Crippen LogP) is 3.68. The minimum atomic E-state index is -1.63. The topological polar surface area (TPSA) is 129 Å². The van der Waals surface area contributed by atoms with E-state index in [-0.39, 0.29) is 29.5 Å². The third-order valence-corrected chi connectivity index (χ3v) is 10.3. The van der Waals surface area contributed by atoms with Crippen molar-refractivity contribution in [1.29, 1.82) is 0 Å². The molecule has 1 saturated heterocycles. The molecule has 2 aliphatic heterocycles. The van der Waals surface area contributed by atoms with Crippen LogP contribution in [0.25, 0.3) is 0 Å². The number of carbonyl (C=O) groups is 3. The molecule has 3 aromatic rings. The highest BCUT2D eigenvalue weighted by Gasteiger charge is 2.51. The van der Waals surface area contributed by atoms with E-state index in [0.717, 1.165) is 16.7 Å². The van der Waals surface area contributed by atoms with E-state index in [0.29, 0.717) is 36.6 Å². The summed E-state index contributed by atoms with van der Waals surface area (Å²) in [5, 5.41) is 24.6.